The summed E-state index contributed by atoms with van der Waals surface area (Å²) in [6.07, 6.45) is 1.73. The van der Waals surface area contributed by atoms with E-state index in [4.69, 9.17) is 23.8 Å². The number of fused-ring (bicyclic) bond motifs is 1. The van der Waals surface area contributed by atoms with Gasteiger partial charge in [0.05, 0.1) is 16.2 Å². The Morgan fingerprint density at radius 2 is 2.00 bits per heavy atom. The number of pyridine rings is 1. The Labute approximate surface area is 135 Å². The topological polar surface area (TPSA) is 33.6 Å². The highest BCUT2D eigenvalue weighted by atomic mass is 79.9. The highest BCUT2D eigenvalue weighted by Gasteiger charge is 2.11. The van der Waals surface area contributed by atoms with Crippen molar-refractivity contribution in [2.75, 3.05) is 0 Å². The second kappa shape index (κ2) is 5.01. The maximum absolute atomic E-state index is 6.25. The number of H-pyrrole nitrogens is 1. The van der Waals surface area contributed by atoms with Crippen LogP contribution >= 0.6 is 55.7 Å². The molecule has 1 N–H and O–H groups in total. The van der Waals surface area contributed by atoms with Gasteiger partial charge in [-0.1, -0.05) is 27.5 Å². The number of hydrogen-bond donors (Lipinski definition) is 1. The number of nitrogens with one attached hydrogen (secondary N) is 1. The van der Waals surface area contributed by atoms with Crippen LogP contribution in [0.2, 0.25) is 5.02 Å². The predicted molar refractivity (Wildman–Crippen MR) is 86.7 cm³/mol. The lowest BCUT2D eigenvalue weighted by Crippen LogP contribution is -1.96. The monoisotopic (exact) mass is 417 g/mol. The van der Waals surface area contributed by atoms with Crippen molar-refractivity contribution < 1.29 is 0 Å². The van der Waals surface area contributed by atoms with Crippen LogP contribution in [0.4, 0.5) is 0 Å². The fourth-order valence-electron chi connectivity index (χ4n) is 1.85. The molecule has 2 aromatic heterocycles. The molecule has 0 radical (unpaired) electrons. The van der Waals surface area contributed by atoms with Gasteiger partial charge in [-0.25, -0.2) is 4.98 Å². The van der Waals surface area contributed by atoms with E-state index < -0.39 is 0 Å². The number of aromatic amines is 1. The molecule has 0 aliphatic carbocycles. The lowest BCUT2D eigenvalue weighted by atomic mass is 10.3. The largest absolute Gasteiger partial charge is 0.329 e. The standard InChI is InChI=1S/C12H6Br2ClN3S/c13-6-1-2-8(15)10(4-6)18-11-9(17-12(18)19)3-7(14)5-16-11/h1-5H,(H,17,19). The molecule has 3 aromatic rings. The summed E-state index contributed by atoms with van der Waals surface area (Å²) in [6, 6.07) is 7.55. The molecule has 3 rings (SSSR count). The first-order valence-corrected chi connectivity index (χ1v) is 7.65. The van der Waals surface area contributed by atoms with Gasteiger partial charge in [0.2, 0.25) is 0 Å². The van der Waals surface area contributed by atoms with Gasteiger partial charge in [0.15, 0.2) is 10.4 Å². The van der Waals surface area contributed by atoms with Crippen LogP contribution < -0.4 is 0 Å². The summed E-state index contributed by atoms with van der Waals surface area (Å²) < 4.78 is 4.20. The van der Waals surface area contributed by atoms with Crippen LogP contribution in [0.5, 0.6) is 0 Å². The van der Waals surface area contributed by atoms with Crippen LogP contribution in [0.1, 0.15) is 0 Å². The third-order valence-electron chi connectivity index (χ3n) is 2.64. The summed E-state index contributed by atoms with van der Waals surface area (Å²) in [5.74, 6) is 0. The summed E-state index contributed by atoms with van der Waals surface area (Å²) in [6.45, 7) is 0. The van der Waals surface area contributed by atoms with E-state index in [0.717, 1.165) is 25.8 Å². The molecule has 19 heavy (non-hydrogen) atoms. The molecule has 0 saturated carbocycles. The third kappa shape index (κ3) is 2.38. The Hall–Kier alpha value is -0.690. The Morgan fingerprint density at radius 3 is 2.79 bits per heavy atom. The number of halogens is 3. The average molecular weight is 420 g/mol. The van der Waals surface area contributed by atoms with Crippen LogP contribution in [0, 0.1) is 4.77 Å². The SMILES string of the molecule is S=c1[nH]c2cc(Br)cnc2n1-c1cc(Br)ccc1Cl. The highest BCUT2D eigenvalue weighted by Crippen LogP contribution is 2.28. The van der Waals surface area contributed by atoms with Crippen molar-refractivity contribution in [3.05, 3.63) is 49.2 Å². The molecule has 0 atom stereocenters. The van der Waals surface area contributed by atoms with E-state index >= 15 is 0 Å². The van der Waals surface area contributed by atoms with Crippen molar-refractivity contribution in [3.63, 3.8) is 0 Å². The summed E-state index contributed by atoms with van der Waals surface area (Å²) in [5, 5.41) is 0.616. The first-order chi connectivity index (χ1) is 9.06. The lowest BCUT2D eigenvalue weighted by Gasteiger charge is -2.07. The van der Waals surface area contributed by atoms with E-state index in [9.17, 15) is 0 Å². The molecule has 3 nitrogen and oxygen atoms in total. The highest BCUT2D eigenvalue weighted by molar-refractivity contribution is 9.10. The van der Waals surface area contributed by atoms with Crippen molar-refractivity contribution in [2.24, 2.45) is 0 Å². The number of benzene rings is 1. The molecule has 96 valence electrons. The van der Waals surface area contributed by atoms with Gasteiger partial charge in [-0.05, 0) is 52.4 Å². The molecule has 0 fully saturated rings. The minimum Gasteiger partial charge on any atom is -0.329 e. The van der Waals surface area contributed by atoms with Crippen LogP contribution in [0.3, 0.4) is 0 Å². The van der Waals surface area contributed by atoms with Gasteiger partial charge in [-0.15, -0.1) is 0 Å². The van der Waals surface area contributed by atoms with Gasteiger partial charge >= 0.3 is 0 Å². The molecule has 0 aliphatic rings. The lowest BCUT2D eigenvalue weighted by molar-refractivity contribution is 1.04. The maximum atomic E-state index is 6.25. The zero-order chi connectivity index (χ0) is 13.6. The molecule has 2 heterocycles. The van der Waals surface area contributed by atoms with Gasteiger partial charge in [0.1, 0.15) is 0 Å². The quantitative estimate of drug-likeness (QED) is 0.546. The van der Waals surface area contributed by atoms with Crippen molar-refractivity contribution in [1.29, 1.82) is 0 Å². The summed E-state index contributed by atoms with van der Waals surface area (Å²) >= 11 is 18.4. The Morgan fingerprint density at radius 1 is 1.21 bits per heavy atom. The Bertz CT molecular complexity index is 841. The van der Waals surface area contributed by atoms with Gasteiger partial charge in [0, 0.05) is 15.1 Å². The predicted octanol–water partition coefficient (Wildman–Crippen LogP) is 5.26. The molecular formula is C12H6Br2ClN3S. The summed E-state index contributed by atoms with van der Waals surface area (Å²) in [5.41, 5.74) is 2.39. The van der Waals surface area contributed by atoms with Gasteiger partial charge < -0.3 is 4.98 Å². The molecule has 0 amide bonds. The number of imidazole rings is 1. The maximum Gasteiger partial charge on any atom is 0.184 e. The molecule has 0 spiro atoms. The fraction of sp³-hybridized carbons (Fsp3) is 0. The Kier molecular flexibility index (Phi) is 3.51. The summed E-state index contributed by atoms with van der Waals surface area (Å²) in [7, 11) is 0. The molecule has 0 bridgehead atoms. The van der Waals surface area contributed by atoms with Crippen LogP contribution in [0.15, 0.2) is 39.4 Å². The van der Waals surface area contributed by atoms with Gasteiger partial charge in [0.25, 0.3) is 0 Å². The normalized spacial score (nSPS) is 11.1. The zero-order valence-corrected chi connectivity index (χ0v) is 14.1. The number of hydrogen-bond acceptors (Lipinski definition) is 2. The van der Waals surface area contributed by atoms with Gasteiger partial charge in [-0.2, -0.15) is 0 Å². The van der Waals surface area contributed by atoms with Crippen LogP contribution in [-0.4, -0.2) is 14.5 Å². The van der Waals surface area contributed by atoms with Crippen molar-refractivity contribution in [1.82, 2.24) is 14.5 Å². The second-order valence-electron chi connectivity index (χ2n) is 3.89. The van der Waals surface area contributed by atoms with Gasteiger partial charge in [-0.3, -0.25) is 4.57 Å². The smallest absolute Gasteiger partial charge is 0.184 e. The van der Waals surface area contributed by atoms with E-state index in [1.54, 1.807) is 6.20 Å². The van der Waals surface area contributed by atoms with E-state index in [1.807, 2.05) is 28.8 Å². The van der Waals surface area contributed by atoms with Crippen LogP contribution in [-0.2, 0) is 0 Å². The second-order valence-corrected chi connectivity index (χ2v) is 6.51. The molecule has 0 aliphatic heterocycles. The van der Waals surface area contributed by atoms with Crippen LogP contribution in [0.25, 0.3) is 16.9 Å². The molecule has 0 unspecified atom stereocenters. The molecule has 0 saturated heterocycles. The summed E-state index contributed by atoms with van der Waals surface area (Å²) in [4.78, 5) is 7.52. The van der Waals surface area contributed by atoms with E-state index in [-0.39, 0.29) is 0 Å². The minimum atomic E-state index is 0.556. The Balaban J connectivity index is 2.39. The van der Waals surface area contributed by atoms with Crippen molar-refractivity contribution in [2.45, 2.75) is 0 Å². The third-order valence-corrected chi connectivity index (χ3v) is 4.17. The molecule has 7 heteroatoms. The first-order valence-electron chi connectivity index (χ1n) is 5.28. The fourth-order valence-corrected chi connectivity index (χ4v) is 3.03. The van der Waals surface area contributed by atoms with Crippen molar-refractivity contribution in [3.8, 4) is 5.69 Å². The number of aromatic nitrogens is 3. The van der Waals surface area contributed by atoms with Crippen molar-refractivity contribution >= 4 is 66.8 Å². The first kappa shape index (κ1) is 13.3. The average Bonchev–Trinajstić information content (AvgIpc) is 2.67. The number of nitrogens with zero attached hydrogens (tertiary/aromatic N) is 2. The van der Waals surface area contributed by atoms with E-state index in [0.29, 0.717) is 9.79 Å². The number of rotatable bonds is 1. The molecule has 1 aromatic carbocycles. The molecular weight excluding hydrogens is 413 g/mol. The minimum absolute atomic E-state index is 0.556. The van der Waals surface area contributed by atoms with E-state index in [1.165, 1.54) is 0 Å². The van der Waals surface area contributed by atoms with E-state index in [2.05, 4.69) is 41.8 Å². The zero-order valence-electron chi connectivity index (χ0n) is 9.32.